The van der Waals surface area contributed by atoms with Gasteiger partial charge in [0.1, 0.15) is 5.52 Å². The predicted molar refractivity (Wildman–Crippen MR) is 76.2 cm³/mol. The molecule has 1 amide bonds. The second-order valence-electron chi connectivity index (χ2n) is 4.79. The molecule has 1 heterocycles. The summed E-state index contributed by atoms with van der Waals surface area (Å²) in [6.45, 7) is 0. The van der Waals surface area contributed by atoms with Crippen molar-refractivity contribution in [1.29, 1.82) is 0 Å². The molecule has 1 fully saturated rings. The van der Waals surface area contributed by atoms with Crippen LogP contribution in [-0.4, -0.2) is 22.7 Å². The number of hydrogen-bond acceptors (Lipinski definition) is 5. The number of fused-ring (bicyclic) bond motifs is 1. The lowest BCUT2D eigenvalue weighted by molar-refractivity contribution is -0.135. The van der Waals surface area contributed by atoms with E-state index in [2.05, 4.69) is 10.5 Å². The lowest BCUT2D eigenvalue weighted by atomic mass is 10.3. The van der Waals surface area contributed by atoms with Crippen molar-refractivity contribution in [2.45, 2.75) is 37.0 Å². The van der Waals surface area contributed by atoms with Gasteiger partial charge in [0.2, 0.25) is 0 Å². The van der Waals surface area contributed by atoms with E-state index in [0.29, 0.717) is 5.22 Å². The number of rotatable bonds is 5. The van der Waals surface area contributed by atoms with Crippen molar-refractivity contribution in [3.63, 3.8) is 0 Å². The van der Waals surface area contributed by atoms with Crippen molar-refractivity contribution < 1.29 is 14.0 Å². The van der Waals surface area contributed by atoms with Crippen LogP contribution >= 0.6 is 11.8 Å². The highest BCUT2D eigenvalue weighted by Crippen LogP contribution is 2.23. The third kappa shape index (κ3) is 3.32. The van der Waals surface area contributed by atoms with Gasteiger partial charge in [-0.2, -0.15) is 0 Å². The van der Waals surface area contributed by atoms with Gasteiger partial charge in [0.15, 0.2) is 5.58 Å². The normalized spacial score (nSPS) is 15.8. The maximum absolute atomic E-state index is 11.7. The van der Waals surface area contributed by atoms with Gasteiger partial charge in [-0.25, -0.2) is 10.5 Å². The van der Waals surface area contributed by atoms with Crippen LogP contribution in [0, 0.1) is 0 Å². The zero-order chi connectivity index (χ0) is 13.8. The van der Waals surface area contributed by atoms with Gasteiger partial charge in [-0.05, 0) is 25.0 Å². The van der Waals surface area contributed by atoms with Gasteiger partial charge in [0, 0.05) is 0 Å². The molecule has 1 aromatic carbocycles. The number of nitrogens with zero attached hydrogens (tertiary/aromatic N) is 1. The largest absolute Gasteiger partial charge is 0.431 e. The van der Waals surface area contributed by atoms with Crippen LogP contribution in [0.5, 0.6) is 0 Å². The molecule has 0 spiro atoms. The zero-order valence-corrected chi connectivity index (χ0v) is 11.8. The van der Waals surface area contributed by atoms with Crippen molar-refractivity contribution in [2.75, 3.05) is 5.75 Å². The number of hydroxylamine groups is 1. The number of hydrogen-bond donors (Lipinski definition) is 1. The van der Waals surface area contributed by atoms with Crippen LogP contribution in [0.2, 0.25) is 0 Å². The highest BCUT2D eigenvalue weighted by atomic mass is 32.2. The summed E-state index contributed by atoms with van der Waals surface area (Å²) in [4.78, 5) is 21.3. The van der Waals surface area contributed by atoms with Crippen molar-refractivity contribution in [1.82, 2.24) is 10.5 Å². The van der Waals surface area contributed by atoms with Crippen LogP contribution in [0.4, 0.5) is 0 Å². The third-order valence-electron chi connectivity index (χ3n) is 3.24. The van der Waals surface area contributed by atoms with E-state index < -0.39 is 0 Å². The van der Waals surface area contributed by atoms with Crippen LogP contribution in [0.3, 0.4) is 0 Å². The average Bonchev–Trinajstić information content (AvgIpc) is 3.11. The van der Waals surface area contributed by atoms with Gasteiger partial charge >= 0.3 is 0 Å². The number of benzene rings is 1. The minimum Gasteiger partial charge on any atom is -0.431 e. The summed E-state index contributed by atoms with van der Waals surface area (Å²) >= 11 is 1.27. The third-order valence-corrected chi connectivity index (χ3v) is 4.07. The van der Waals surface area contributed by atoms with E-state index in [4.69, 9.17) is 9.25 Å². The fourth-order valence-corrected chi connectivity index (χ4v) is 2.85. The average molecular weight is 292 g/mol. The van der Waals surface area contributed by atoms with E-state index in [9.17, 15) is 4.79 Å². The summed E-state index contributed by atoms with van der Waals surface area (Å²) in [6.07, 6.45) is 4.58. The highest BCUT2D eigenvalue weighted by molar-refractivity contribution is 7.99. The second-order valence-corrected chi connectivity index (χ2v) is 5.71. The Hall–Kier alpha value is -1.53. The predicted octanol–water partition coefficient (Wildman–Crippen LogP) is 2.91. The van der Waals surface area contributed by atoms with E-state index >= 15 is 0 Å². The molecule has 0 bridgehead atoms. The molecule has 0 unspecified atom stereocenters. The van der Waals surface area contributed by atoms with Gasteiger partial charge < -0.3 is 4.42 Å². The lowest BCUT2D eigenvalue weighted by Gasteiger charge is -2.10. The lowest BCUT2D eigenvalue weighted by Crippen LogP contribution is -2.29. The standard InChI is InChI=1S/C14H16N2O3S/c17-13(16-19-10-5-1-2-6-10)9-20-14-15-11-7-3-4-8-12(11)18-14/h3-4,7-8,10H,1-2,5-6,9H2,(H,16,17). The van der Waals surface area contributed by atoms with Crippen LogP contribution in [0.25, 0.3) is 11.1 Å². The van der Waals surface area contributed by atoms with Gasteiger partial charge in [-0.15, -0.1) is 0 Å². The molecule has 0 aliphatic heterocycles. The Balaban J connectivity index is 1.47. The molecule has 0 radical (unpaired) electrons. The van der Waals surface area contributed by atoms with Crippen molar-refractivity contribution in [3.05, 3.63) is 24.3 Å². The Morgan fingerprint density at radius 3 is 3.00 bits per heavy atom. The van der Waals surface area contributed by atoms with Crippen LogP contribution in [-0.2, 0) is 9.63 Å². The van der Waals surface area contributed by atoms with Crippen LogP contribution in [0.15, 0.2) is 33.9 Å². The number of thioether (sulfide) groups is 1. The number of nitrogens with one attached hydrogen (secondary N) is 1. The molecular weight excluding hydrogens is 276 g/mol. The summed E-state index contributed by atoms with van der Waals surface area (Å²) in [7, 11) is 0. The monoisotopic (exact) mass is 292 g/mol. The minimum absolute atomic E-state index is 0.163. The molecule has 1 aliphatic carbocycles. The first-order chi connectivity index (χ1) is 9.81. The second kappa shape index (κ2) is 6.28. The quantitative estimate of drug-likeness (QED) is 0.678. The SMILES string of the molecule is O=C(CSc1nc2ccccc2o1)NOC1CCCC1. The Bertz CT molecular complexity index is 560. The molecular formula is C14H16N2O3S. The van der Waals surface area contributed by atoms with Crippen molar-refractivity contribution >= 4 is 28.8 Å². The highest BCUT2D eigenvalue weighted by Gasteiger charge is 2.17. The van der Waals surface area contributed by atoms with Crippen molar-refractivity contribution in [3.8, 4) is 0 Å². The zero-order valence-electron chi connectivity index (χ0n) is 11.0. The summed E-state index contributed by atoms with van der Waals surface area (Å²) in [6, 6.07) is 7.54. The smallest absolute Gasteiger partial charge is 0.257 e. The fraction of sp³-hybridized carbons (Fsp3) is 0.429. The Morgan fingerprint density at radius 2 is 2.20 bits per heavy atom. The Labute approximate surface area is 121 Å². The molecule has 106 valence electrons. The number of oxazole rings is 1. The van der Waals surface area contributed by atoms with Gasteiger partial charge in [-0.1, -0.05) is 36.7 Å². The number of carbonyl (C=O) groups excluding carboxylic acids is 1. The summed E-state index contributed by atoms with van der Waals surface area (Å²) < 4.78 is 5.53. The molecule has 0 atom stereocenters. The van der Waals surface area contributed by atoms with Gasteiger partial charge in [-0.3, -0.25) is 9.63 Å². The van der Waals surface area contributed by atoms with E-state index in [-0.39, 0.29) is 17.8 Å². The number of para-hydroxylation sites is 2. The minimum atomic E-state index is -0.163. The maximum atomic E-state index is 11.7. The molecule has 0 saturated heterocycles. The molecule has 1 aromatic heterocycles. The van der Waals surface area contributed by atoms with E-state index in [1.165, 1.54) is 24.6 Å². The fourth-order valence-electron chi connectivity index (χ4n) is 2.22. The number of aromatic nitrogens is 1. The number of carbonyl (C=O) groups is 1. The molecule has 3 rings (SSSR count). The topological polar surface area (TPSA) is 64.4 Å². The first kappa shape index (κ1) is 13.5. The van der Waals surface area contributed by atoms with Gasteiger partial charge in [0.25, 0.3) is 11.1 Å². The molecule has 6 heteroatoms. The van der Waals surface area contributed by atoms with E-state index in [0.717, 1.165) is 23.9 Å². The molecule has 1 saturated carbocycles. The first-order valence-electron chi connectivity index (χ1n) is 6.74. The van der Waals surface area contributed by atoms with Crippen molar-refractivity contribution in [2.24, 2.45) is 0 Å². The molecule has 2 aromatic rings. The molecule has 1 N–H and O–H groups in total. The molecule has 5 nitrogen and oxygen atoms in total. The summed E-state index contributed by atoms with van der Waals surface area (Å²) in [5, 5.41) is 0.502. The van der Waals surface area contributed by atoms with Crippen LogP contribution < -0.4 is 5.48 Å². The summed E-state index contributed by atoms with van der Waals surface area (Å²) in [5.41, 5.74) is 4.04. The summed E-state index contributed by atoms with van der Waals surface area (Å²) in [5.74, 6) is 0.0728. The molecule has 20 heavy (non-hydrogen) atoms. The Kier molecular flexibility index (Phi) is 4.22. The van der Waals surface area contributed by atoms with E-state index in [1.807, 2.05) is 24.3 Å². The Morgan fingerprint density at radius 1 is 1.40 bits per heavy atom. The first-order valence-corrected chi connectivity index (χ1v) is 7.73. The van der Waals surface area contributed by atoms with Crippen LogP contribution in [0.1, 0.15) is 25.7 Å². The molecule has 1 aliphatic rings. The van der Waals surface area contributed by atoms with Gasteiger partial charge in [0.05, 0.1) is 11.9 Å². The maximum Gasteiger partial charge on any atom is 0.257 e. The number of amides is 1. The van der Waals surface area contributed by atoms with E-state index in [1.54, 1.807) is 0 Å².